The summed E-state index contributed by atoms with van der Waals surface area (Å²) in [6.45, 7) is 11.0. The number of imide groups is 1. The zero-order chi connectivity index (χ0) is 27.5. The first kappa shape index (κ1) is 25.7. The minimum Gasteiger partial charge on any atom is -0.466 e. The van der Waals surface area contributed by atoms with E-state index in [4.69, 9.17) is 9.47 Å². The van der Waals surface area contributed by atoms with Gasteiger partial charge in [-0.2, -0.15) is 0 Å². The monoisotopic (exact) mass is 516 g/mol. The van der Waals surface area contributed by atoms with Crippen molar-refractivity contribution in [2.75, 3.05) is 23.0 Å². The molecule has 0 N–H and O–H groups in total. The maximum absolute atomic E-state index is 14.5. The molecule has 2 aromatic rings. The number of esters is 1. The van der Waals surface area contributed by atoms with Crippen molar-refractivity contribution in [2.45, 2.75) is 57.0 Å². The molecule has 1 fully saturated rings. The van der Waals surface area contributed by atoms with E-state index in [1.165, 1.54) is 0 Å². The summed E-state index contributed by atoms with van der Waals surface area (Å²) in [4.78, 5) is 58.7. The number of hydrogen-bond donors (Lipinski definition) is 0. The van der Waals surface area contributed by atoms with E-state index in [-0.39, 0.29) is 31.9 Å². The Balaban J connectivity index is 1.75. The molecule has 2 aliphatic heterocycles. The van der Waals surface area contributed by atoms with Crippen LogP contribution in [0, 0.1) is 5.92 Å². The lowest BCUT2D eigenvalue weighted by Crippen LogP contribution is -2.55. The van der Waals surface area contributed by atoms with Crippen molar-refractivity contribution in [3.05, 3.63) is 72.3 Å². The van der Waals surface area contributed by atoms with Gasteiger partial charge in [0.2, 0.25) is 11.8 Å². The van der Waals surface area contributed by atoms with Gasteiger partial charge < -0.3 is 14.4 Å². The second kappa shape index (κ2) is 8.82. The molecule has 8 nitrogen and oxygen atoms in total. The number of carbonyl (C=O) groups is 4. The Kier molecular flexibility index (Phi) is 5.97. The number of amides is 3. The number of carbonyl (C=O) groups excluding carboxylic acids is 4. The molecule has 2 spiro atoms. The highest BCUT2D eigenvalue weighted by Gasteiger charge is 2.74. The van der Waals surface area contributed by atoms with Crippen LogP contribution in [-0.2, 0) is 34.7 Å². The smallest absolute Gasteiger partial charge is 0.421 e. The lowest BCUT2D eigenvalue weighted by Gasteiger charge is -2.36. The zero-order valence-electron chi connectivity index (χ0n) is 22.2. The zero-order valence-corrected chi connectivity index (χ0v) is 22.2. The molecule has 5 rings (SSSR count). The second-order valence-corrected chi connectivity index (χ2v) is 11.0. The summed E-state index contributed by atoms with van der Waals surface area (Å²) in [6.07, 6.45) is 1.25. The molecule has 3 aliphatic rings. The van der Waals surface area contributed by atoms with Crippen LogP contribution in [0.2, 0.25) is 0 Å². The van der Waals surface area contributed by atoms with Crippen molar-refractivity contribution < 1.29 is 28.7 Å². The maximum Gasteiger partial charge on any atom is 0.421 e. The fraction of sp³-hybridized carbons (Fsp3) is 0.400. The first-order valence-corrected chi connectivity index (χ1v) is 12.9. The largest absolute Gasteiger partial charge is 0.466 e. The van der Waals surface area contributed by atoms with Gasteiger partial charge in [-0.25, -0.2) is 9.69 Å². The highest BCUT2D eigenvalue weighted by molar-refractivity contribution is 6.24. The van der Waals surface area contributed by atoms with Gasteiger partial charge in [0.25, 0.3) is 0 Å². The minimum absolute atomic E-state index is 0.0827. The topological polar surface area (TPSA) is 93.2 Å². The standard InChI is InChI=1S/C30H32N2O6/c1-6-18-31-21-14-10-8-12-19(21)29(25(31)34)16-17-30(23(29)24(33)37-7-2)20-13-9-11-15-22(20)32(26(30)35)27(36)38-28(3,4)5/h6,8-15,23H,1,7,16-18H2,2-5H3/t23-,29+,30-/m0/s1. The van der Waals surface area contributed by atoms with Crippen molar-refractivity contribution >= 4 is 35.3 Å². The third-order valence-corrected chi connectivity index (χ3v) is 7.82. The summed E-state index contributed by atoms with van der Waals surface area (Å²) in [6, 6.07) is 14.3. The Bertz CT molecular complexity index is 1360. The van der Waals surface area contributed by atoms with Gasteiger partial charge in [0.15, 0.2) is 0 Å². The molecule has 0 bridgehead atoms. The Morgan fingerprint density at radius 2 is 1.53 bits per heavy atom. The van der Waals surface area contributed by atoms with E-state index in [1.807, 2.05) is 24.3 Å². The van der Waals surface area contributed by atoms with Gasteiger partial charge in [-0.15, -0.1) is 6.58 Å². The molecule has 1 saturated carbocycles. The summed E-state index contributed by atoms with van der Waals surface area (Å²) < 4.78 is 11.2. The number of nitrogens with zero attached hydrogens (tertiary/aromatic N) is 2. The Labute approximate surface area is 222 Å². The average Bonchev–Trinajstić information content (AvgIpc) is 3.43. The molecule has 38 heavy (non-hydrogen) atoms. The first-order chi connectivity index (χ1) is 18.0. The molecule has 8 heteroatoms. The lowest BCUT2D eigenvalue weighted by atomic mass is 9.64. The molecule has 1 aliphatic carbocycles. The highest BCUT2D eigenvalue weighted by atomic mass is 16.6. The van der Waals surface area contributed by atoms with Gasteiger partial charge in [-0.3, -0.25) is 14.4 Å². The number of benzene rings is 2. The summed E-state index contributed by atoms with van der Waals surface area (Å²) in [7, 11) is 0. The van der Waals surface area contributed by atoms with E-state index < -0.39 is 40.3 Å². The van der Waals surface area contributed by atoms with Gasteiger partial charge in [0.1, 0.15) is 5.60 Å². The van der Waals surface area contributed by atoms with Gasteiger partial charge in [-0.1, -0.05) is 42.5 Å². The number of para-hydroxylation sites is 2. The molecule has 0 aromatic heterocycles. The van der Waals surface area contributed by atoms with Crippen LogP contribution in [0.4, 0.5) is 16.2 Å². The molecule has 3 atom stereocenters. The molecule has 0 radical (unpaired) electrons. The fourth-order valence-corrected chi connectivity index (χ4v) is 6.59. The van der Waals surface area contributed by atoms with Crippen molar-refractivity contribution in [3.63, 3.8) is 0 Å². The highest BCUT2D eigenvalue weighted by Crippen LogP contribution is 2.65. The number of hydrogen-bond acceptors (Lipinski definition) is 6. The number of fused-ring (bicyclic) bond motifs is 4. The van der Waals surface area contributed by atoms with E-state index in [1.54, 1.807) is 62.9 Å². The maximum atomic E-state index is 14.5. The summed E-state index contributed by atoms with van der Waals surface area (Å²) in [5.41, 5.74) is -1.40. The Hall–Kier alpha value is -3.94. The molecule has 3 amide bonds. The summed E-state index contributed by atoms with van der Waals surface area (Å²) in [5, 5.41) is 0. The fourth-order valence-electron chi connectivity index (χ4n) is 6.59. The molecule has 0 unspecified atom stereocenters. The molecular formula is C30H32N2O6. The second-order valence-electron chi connectivity index (χ2n) is 11.0. The van der Waals surface area contributed by atoms with Crippen molar-refractivity contribution in [1.82, 2.24) is 0 Å². The molecule has 198 valence electrons. The van der Waals surface area contributed by atoms with E-state index in [0.29, 0.717) is 22.5 Å². The van der Waals surface area contributed by atoms with Crippen LogP contribution in [0.15, 0.2) is 61.2 Å². The van der Waals surface area contributed by atoms with E-state index in [0.717, 1.165) is 4.90 Å². The van der Waals surface area contributed by atoms with Crippen molar-refractivity contribution in [1.29, 1.82) is 0 Å². The van der Waals surface area contributed by atoms with Crippen LogP contribution < -0.4 is 9.80 Å². The number of rotatable bonds is 4. The van der Waals surface area contributed by atoms with Gasteiger partial charge in [-0.05, 0) is 63.8 Å². The third-order valence-electron chi connectivity index (χ3n) is 7.82. The van der Waals surface area contributed by atoms with Crippen LogP contribution in [0.25, 0.3) is 0 Å². The Morgan fingerprint density at radius 3 is 2.11 bits per heavy atom. The summed E-state index contributed by atoms with van der Waals surface area (Å²) in [5.74, 6) is -2.66. The van der Waals surface area contributed by atoms with Crippen LogP contribution in [0.3, 0.4) is 0 Å². The van der Waals surface area contributed by atoms with Crippen molar-refractivity contribution in [3.8, 4) is 0 Å². The van der Waals surface area contributed by atoms with Crippen LogP contribution in [0.1, 0.15) is 51.7 Å². The third kappa shape index (κ3) is 3.35. The van der Waals surface area contributed by atoms with E-state index >= 15 is 0 Å². The molecule has 2 aromatic carbocycles. The van der Waals surface area contributed by atoms with E-state index in [9.17, 15) is 19.2 Å². The predicted molar refractivity (Wildman–Crippen MR) is 142 cm³/mol. The van der Waals surface area contributed by atoms with Gasteiger partial charge in [0.05, 0.1) is 29.0 Å². The number of ether oxygens (including phenoxy) is 2. The number of anilines is 2. The average molecular weight is 517 g/mol. The molecule has 0 saturated heterocycles. The summed E-state index contributed by atoms with van der Waals surface area (Å²) >= 11 is 0. The van der Waals surface area contributed by atoms with Gasteiger partial charge >= 0.3 is 12.1 Å². The minimum atomic E-state index is -1.48. The van der Waals surface area contributed by atoms with Crippen LogP contribution in [0.5, 0.6) is 0 Å². The van der Waals surface area contributed by atoms with Gasteiger partial charge in [0, 0.05) is 12.2 Å². The van der Waals surface area contributed by atoms with E-state index in [2.05, 4.69) is 6.58 Å². The normalized spacial score (nSPS) is 25.6. The SMILES string of the molecule is C=CCN1C(=O)[C@]2(CC[C@@]3(C(=O)N(C(=O)OC(C)(C)C)c4ccccc43)[C@H]2C(=O)OCC)c2ccccc21. The molecular weight excluding hydrogens is 484 g/mol. The molecule has 2 heterocycles. The quantitative estimate of drug-likeness (QED) is 0.434. The predicted octanol–water partition coefficient (Wildman–Crippen LogP) is 4.65. The Morgan fingerprint density at radius 1 is 0.974 bits per heavy atom. The first-order valence-electron chi connectivity index (χ1n) is 12.9. The van der Waals surface area contributed by atoms with Crippen molar-refractivity contribution in [2.24, 2.45) is 5.92 Å². The van der Waals surface area contributed by atoms with Crippen LogP contribution in [-0.4, -0.2) is 42.6 Å². The van der Waals surface area contributed by atoms with Crippen LogP contribution >= 0.6 is 0 Å². The lowest BCUT2D eigenvalue weighted by molar-refractivity contribution is -0.156.